The molecule has 0 aliphatic rings. The average Bonchev–Trinajstić information content (AvgIpc) is 2.18. The standard InChI is InChI=1S/C11H17NO2/c1-2-3-4-10(12)9-7-8(13)5-6-11(9)14/h5-7,10,13-14H,2-4,12H2,1H3/t10-/m0/s1. The highest BCUT2D eigenvalue weighted by molar-refractivity contribution is 5.40. The second-order valence-electron chi connectivity index (χ2n) is 3.49. The summed E-state index contributed by atoms with van der Waals surface area (Å²) in [7, 11) is 0. The van der Waals surface area contributed by atoms with E-state index in [0.717, 1.165) is 19.3 Å². The van der Waals surface area contributed by atoms with Crippen molar-refractivity contribution in [3.8, 4) is 11.5 Å². The van der Waals surface area contributed by atoms with E-state index in [-0.39, 0.29) is 17.5 Å². The number of phenols is 2. The first kappa shape index (κ1) is 10.9. The van der Waals surface area contributed by atoms with Crippen LogP contribution in [-0.2, 0) is 0 Å². The highest BCUT2D eigenvalue weighted by Crippen LogP contribution is 2.29. The van der Waals surface area contributed by atoms with Crippen LogP contribution in [0.1, 0.15) is 37.8 Å². The number of phenolic OH excluding ortho intramolecular Hbond substituents is 2. The van der Waals surface area contributed by atoms with Gasteiger partial charge in [0.15, 0.2) is 0 Å². The highest BCUT2D eigenvalue weighted by atomic mass is 16.3. The van der Waals surface area contributed by atoms with Crippen LogP contribution < -0.4 is 5.73 Å². The molecule has 3 heteroatoms. The second kappa shape index (κ2) is 4.86. The van der Waals surface area contributed by atoms with Gasteiger partial charge in [0.25, 0.3) is 0 Å². The van der Waals surface area contributed by atoms with Crippen LogP contribution in [-0.4, -0.2) is 10.2 Å². The molecule has 0 radical (unpaired) electrons. The molecule has 1 aromatic carbocycles. The summed E-state index contributed by atoms with van der Waals surface area (Å²) < 4.78 is 0. The van der Waals surface area contributed by atoms with E-state index in [0.29, 0.717) is 5.56 Å². The minimum absolute atomic E-state index is 0.143. The summed E-state index contributed by atoms with van der Waals surface area (Å²) in [4.78, 5) is 0. The van der Waals surface area contributed by atoms with Crippen molar-refractivity contribution in [2.24, 2.45) is 5.73 Å². The van der Waals surface area contributed by atoms with Crippen LogP contribution in [0, 0.1) is 0 Å². The first-order chi connectivity index (χ1) is 6.65. The van der Waals surface area contributed by atoms with Crippen LogP contribution in [0.3, 0.4) is 0 Å². The van der Waals surface area contributed by atoms with Crippen molar-refractivity contribution < 1.29 is 10.2 Å². The van der Waals surface area contributed by atoms with Gasteiger partial charge in [-0.05, 0) is 24.6 Å². The number of hydrogen-bond donors (Lipinski definition) is 3. The van der Waals surface area contributed by atoms with Crippen molar-refractivity contribution in [3.05, 3.63) is 23.8 Å². The maximum atomic E-state index is 9.51. The van der Waals surface area contributed by atoms with E-state index in [1.165, 1.54) is 18.2 Å². The number of nitrogens with two attached hydrogens (primary N) is 1. The molecular weight excluding hydrogens is 178 g/mol. The largest absolute Gasteiger partial charge is 0.508 e. The van der Waals surface area contributed by atoms with Crippen LogP contribution in [0.25, 0.3) is 0 Å². The van der Waals surface area contributed by atoms with Crippen molar-refractivity contribution in [2.75, 3.05) is 0 Å². The maximum Gasteiger partial charge on any atom is 0.120 e. The molecule has 1 aromatic rings. The van der Waals surface area contributed by atoms with Gasteiger partial charge in [0, 0.05) is 11.6 Å². The molecule has 0 aromatic heterocycles. The van der Waals surface area contributed by atoms with Gasteiger partial charge in [0.2, 0.25) is 0 Å². The number of benzene rings is 1. The molecule has 0 saturated carbocycles. The second-order valence-corrected chi connectivity index (χ2v) is 3.49. The quantitative estimate of drug-likeness (QED) is 0.646. The van der Waals surface area contributed by atoms with E-state index in [1.54, 1.807) is 0 Å². The number of aromatic hydroxyl groups is 2. The molecule has 0 aliphatic carbocycles. The SMILES string of the molecule is CCCC[C@H](N)c1cc(O)ccc1O. The fourth-order valence-corrected chi connectivity index (χ4v) is 1.42. The third kappa shape index (κ3) is 2.64. The van der Waals surface area contributed by atoms with Crippen LogP contribution >= 0.6 is 0 Å². The van der Waals surface area contributed by atoms with Gasteiger partial charge in [-0.25, -0.2) is 0 Å². The van der Waals surface area contributed by atoms with Gasteiger partial charge in [-0.2, -0.15) is 0 Å². The molecule has 1 atom stereocenters. The zero-order valence-corrected chi connectivity index (χ0v) is 8.40. The lowest BCUT2D eigenvalue weighted by molar-refractivity contribution is 0.444. The molecule has 78 valence electrons. The fraction of sp³-hybridized carbons (Fsp3) is 0.455. The minimum Gasteiger partial charge on any atom is -0.508 e. The molecule has 0 spiro atoms. The van der Waals surface area contributed by atoms with Crippen molar-refractivity contribution in [1.29, 1.82) is 0 Å². The Balaban J connectivity index is 2.77. The monoisotopic (exact) mass is 195 g/mol. The lowest BCUT2D eigenvalue weighted by atomic mass is 10.0. The first-order valence-corrected chi connectivity index (χ1v) is 4.92. The summed E-state index contributed by atoms with van der Waals surface area (Å²) >= 11 is 0. The molecule has 1 rings (SSSR count). The molecule has 0 amide bonds. The Morgan fingerprint density at radius 3 is 2.71 bits per heavy atom. The van der Waals surface area contributed by atoms with Gasteiger partial charge in [-0.3, -0.25) is 0 Å². The van der Waals surface area contributed by atoms with Crippen molar-refractivity contribution in [3.63, 3.8) is 0 Å². The summed E-state index contributed by atoms with van der Waals surface area (Å²) in [5.74, 6) is 0.302. The van der Waals surface area contributed by atoms with E-state index >= 15 is 0 Å². The lowest BCUT2D eigenvalue weighted by Crippen LogP contribution is -2.10. The third-order valence-corrected chi connectivity index (χ3v) is 2.28. The Bertz CT molecular complexity index is 299. The average molecular weight is 195 g/mol. The summed E-state index contributed by atoms with van der Waals surface area (Å²) in [5, 5.41) is 18.8. The molecule has 0 heterocycles. The van der Waals surface area contributed by atoms with Crippen molar-refractivity contribution >= 4 is 0 Å². The molecule has 14 heavy (non-hydrogen) atoms. The van der Waals surface area contributed by atoms with Crippen molar-refractivity contribution in [2.45, 2.75) is 32.2 Å². The van der Waals surface area contributed by atoms with Gasteiger partial charge in [-0.15, -0.1) is 0 Å². The molecule has 0 aliphatic heterocycles. The summed E-state index contributed by atoms with van der Waals surface area (Å²) in [6, 6.07) is 4.25. The Morgan fingerprint density at radius 2 is 2.07 bits per heavy atom. The zero-order valence-electron chi connectivity index (χ0n) is 8.40. The minimum atomic E-state index is -0.193. The van der Waals surface area contributed by atoms with Crippen LogP contribution in [0.2, 0.25) is 0 Å². The first-order valence-electron chi connectivity index (χ1n) is 4.92. The van der Waals surface area contributed by atoms with Gasteiger partial charge in [0.05, 0.1) is 0 Å². The van der Waals surface area contributed by atoms with Gasteiger partial charge in [-0.1, -0.05) is 19.8 Å². The molecule has 0 saturated heterocycles. The predicted octanol–water partition coefficient (Wildman–Crippen LogP) is 2.29. The molecule has 0 fully saturated rings. The summed E-state index contributed by atoms with van der Waals surface area (Å²) in [5.41, 5.74) is 6.50. The Labute approximate surface area is 84.2 Å². The molecule has 0 unspecified atom stereocenters. The number of rotatable bonds is 4. The van der Waals surface area contributed by atoms with Gasteiger partial charge < -0.3 is 15.9 Å². The van der Waals surface area contributed by atoms with E-state index in [2.05, 4.69) is 6.92 Å². The van der Waals surface area contributed by atoms with E-state index < -0.39 is 0 Å². The number of hydrogen-bond acceptors (Lipinski definition) is 3. The summed E-state index contributed by atoms with van der Waals surface area (Å²) in [6.45, 7) is 2.09. The zero-order chi connectivity index (χ0) is 10.6. The van der Waals surface area contributed by atoms with E-state index in [4.69, 9.17) is 5.73 Å². The third-order valence-electron chi connectivity index (χ3n) is 2.28. The fourth-order valence-electron chi connectivity index (χ4n) is 1.42. The predicted molar refractivity (Wildman–Crippen MR) is 56.2 cm³/mol. The van der Waals surface area contributed by atoms with Gasteiger partial charge >= 0.3 is 0 Å². The summed E-state index contributed by atoms with van der Waals surface area (Å²) in [6.07, 6.45) is 2.93. The molecule has 0 bridgehead atoms. The van der Waals surface area contributed by atoms with Crippen LogP contribution in [0.5, 0.6) is 11.5 Å². The van der Waals surface area contributed by atoms with Gasteiger partial charge in [0.1, 0.15) is 11.5 Å². The Hall–Kier alpha value is -1.22. The van der Waals surface area contributed by atoms with Crippen LogP contribution in [0.4, 0.5) is 0 Å². The Kier molecular flexibility index (Phi) is 3.77. The van der Waals surface area contributed by atoms with Crippen LogP contribution in [0.15, 0.2) is 18.2 Å². The highest BCUT2D eigenvalue weighted by Gasteiger charge is 2.10. The Morgan fingerprint density at radius 1 is 1.36 bits per heavy atom. The van der Waals surface area contributed by atoms with E-state index in [1.807, 2.05) is 0 Å². The normalized spacial score (nSPS) is 12.7. The maximum absolute atomic E-state index is 9.51. The topological polar surface area (TPSA) is 66.5 Å². The molecule has 4 N–H and O–H groups in total. The smallest absolute Gasteiger partial charge is 0.120 e. The van der Waals surface area contributed by atoms with Crippen molar-refractivity contribution in [1.82, 2.24) is 0 Å². The molecule has 3 nitrogen and oxygen atoms in total. The lowest BCUT2D eigenvalue weighted by Gasteiger charge is -2.13. The molecular formula is C11H17NO2. The van der Waals surface area contributed by atoms with E-state index in [9.17, 15) is 10.2 Å². The number of unbranched alkanes of at least 4 members (excludes halogenated alkanes) is 1.